The van der Waals surface area contributed by atoms with Crippen molar-refractivity contribution in [3.8, 4) is 0 Å². The summed E-state index contributed by atoms with van der Waals surface area (Å²) in [5.41, 5.74) is 0. The van der Waals surface area contributed by atoms with Crippen LogP contribution in [0.5, 0.6) is 0 Å². The Morgan fingerprint density at radius 2 is 2.33 bits per heavy atom. The largest absolute Gasteiger partial charge is 0.481 e. The van der Waals surface area contributed by atoms with Crippen molar-refractivity contribution in [2.24, 2.45) is 0 Å². The Bertz CT molecular complexity index is 212. The summed E-state index contributed by atoms with van der Waals surface area (Å²) in [6, 6.07) is 0. The Morgan fingerprint density at radius 3 is 2.75 bits per heavy atom. The zero-order valence-corrected chi connectivity index (χ0v) is 6.45. The van der Waals surface area contributed by atoms with Crippen LogP contribution >= 0.6 is 0 Å². The molecule has 2 N–H and O–H groups in total. The first-order valence-electron chi connectivity index (χ1n) is 3.68. The van der Waals surface area contributed by atoms with E-state index < -0.39 is 17.7 Å². The highest BCUT2D eigenvalue weighted by Crippen LogP contribution is 2.27. The van der Waals surface area contributed by atoms with Crippen molar-refractivity contribution in [1.82, 2.24) is 0 Å². The fourth-order valence-corrected chi connectivity index (χ4v) is 1.09. The molecule has 12 heavy (non-hydrogen) atoms. The molecule has 0 aliphatic carbocycles. The highest BCUT2D eigenvalue weighted by Gasteiger charge is 2.38. The SMILES string of the molecule is O=C(O)CCC1(O)CCC(=O)O1. The second-order valence-corrected chi connectivity index (χ2v) is 2.81. The molecule has 0 spiro atoms. The number of cyclic esters (lactones) is 1. The van der Waals surface area contributed by atoms with Crippen molar-refractivity contribution in [3.05, 3.63) is 0 Å². The van der Waals surface area contributed by atoms with Gasteiger partial charge in [0.2, 0.25) is 5.79 Å². The van der Waals surface area contributed by atoms with Crippen molar-refractivity contribution < 1.29 is 24.5 Å². The predicted molar refractivity (Wildman–Crippen MR) is 37.1 cm³/mol. The maximum atomic E-state index is 10.6. The number of carbonyl (C=O) groups excluding carboxylic acids is 1. The number of rotatable bonds is 3. The normalized spacial score (nSPS) is 28.6. The van der Waals surface area contributed by atoms with Crippen LogP contribution in [0.2, 0.25) is 0 Å². The Morgan fingerprint density at radius 1 is 1.67 bits per heavy atom. The van der Waals surface area contributed by atoms with Crippen LogP contribution in [-0.4, -0.2) is 27.9 Å². The lowest BCUT2D eigenvalue weighted by atomic mass is 10.1. The highest BCUT2D eigenvalue weighted by molar-refractivity contribution is 5.72. The topological polar surface area (TPSA) is 83.8 Å². The maximum Gasteiger partial charge on any atom is 0.308 e. The molecular weight excluding hydrogens is 164 g/mol. The predicted octanol–water partition coefficient (Wildman–Crippen LogP) is -0.123. The number of carboxylic acids is 1. The van der Waals surface area contributed by atoms with E-state index in [4.69, 9.17) is 5.11 Å². The standard InChI is InChI=1S/C7H10O5/c8-5(9)1-3-7(11)4-2-6(10)12-7/h11H,1-4H2,(H,8,9). The summed E-state index contributed by atoms with van der Waals surface area (Å²) >= 11 is 0. The zero-order chi connectivity index (χ0) is 9.19. The van der Waals surface area contributed by atoms with E-state index >= 15 is 0 Å². The molecule has 0 aromatic carbocycles. The van der Waals surface area contributed by atoms with Crippen LogP contribution in [0, 0.1) is 0 Å². The number of carboxylic acid groups (broad SMARTS) is 1. The van der Waals surface area contributed by atoms with Crippen LogP contribution in [0.4, 0.5) is 0 Å². The molecule has 1 unspecified atom stereocenters. The first-order chi connectivity index (χ1) is 5.52. The van der Waals surface area contributed by atoms with E-state index in [2.05, 4.69) is 4.74 Å². The molecule has 0 aromatic heterocycles. The molecule has 1 saturated heterocycles. The monoisotopic (exact) mass is 174 g/mol. The van der Waals surface area contributed by atoms with Crippen molar-refractivity contribution >= 4 is 11.9 Å². The van der Waals surface area contributed by atoms with E-state index in [1.165, 1.54) is 0 Å². The molecule has 0 amide bonds. The van der Waals surface area contributed by atoms with Crippen LogP contribution in [0.25, 0.3) is 0 Å². The van der Waals surface area contributed by atoms with E-state index in [0.29, 0.717) is 0 Å². The summed E-state index contributed by atoms with van der Waals surface area (Å²) in [7, 11) is 0. The summed E-state index contributed by atoms with van der Waals surface area (Å²) in [6.45, 7) is 0. The minimum absolute atomic E-state index is 0.0337. The van der Waals surface area contributed by atoms with Gasteiger partial charge >= 0.3 is 11.9 Å². The van der Waals surface area contributed by atoms with Crippen LogP contribution in [0.15, 0.2) is 0 Å². The third-order valence-electron chi connectivity index (χ3n) is 1.75. The molecule has 0 bridgehead atoms. The van der Waals surface area contributed by atoms with Crippen LogP contribution < -0.4 is 0 Å². The van der Waals surface area contributed by atoms with Gasteiger partial charge in [0.25, 0.3) is 0 Å². The highest BCUT2D eigenvalue weighted by atomic mass is 16.7. The number of hydrogen-bond donors (Lipinski definition) is 2. The quantitative estimate of drug-likeness (QED) is 0.582. The summed E-state index contributed by atoms with van der Waals surface area (Å²) in [5.74, 6) is -3.01. The Hall–Kier alpha value is -1.10. The van der Waals surface area contributed by atoms with Crippen LogP contribution in [0.1, 0.15) is 25.7 Å². The first kappa shape index (κ1) is 8.99. The van der Waals surface area contributed by atoms with Gasteiger partial charge in [-0.3, -0.25) is 9.59 Å². The van der Waals surface area contributed by atoms with Crippen LogP contribution in [0.3, 0.4) is 0 Å². The molecule has 1 aliphatic heterocycles. The molecule has 5 heteroatoms. The van der Waals surface area contributed by atoms with Gasteiger partial charge < -0.3 is 14.9 Å². The lowest BCUT2D eigenvalue weighted by Gasteiger charge is -2.19. The third kappa shape index (κ3) is 2.20. The van der Waals surface area contributed by atoms with Gasteiger partial charge in [0, 0.05) is 12.8 Å². The smallest absolute Gasteiger partial charge is 0.308 e. The summed E-state index contributed by atoms with van der Waals surface area (Å²) in [6.07, 6.45) is 0.132. The zero-order valence-electron chi connectivity index (χ0n) is 6.45. The number of hydrogen-bond acceptors (Lipinski definition) is 4. The number of aliphatic carboxylic acids is 1. The molecule has 1 fully saturated rings. The molecular formula is C7H10O5. The summed E-state index contributed by atoms with van der Waals surface area (Å²) in [5, 5.41) is 17.7. The average Bonchev–Trinajstić information content (AvgIpc) is 2.29. The molecule has 5 nitrogen and oxygen atoms in total. The fraction of sp³-hybridized carbons (Fsp3) is 0.714. The van der Waals surface area contributed by atoms with Gasteiger partial charge in [-0.15, -0.1) is 0 Å². The molecule has 1 rings (SSSR count). The maximum absolute atomic E-state index is 10.6. The molecule has 0 aromatic rings. The second kappa shape index (κ2) is 3.10. The van der Waals surface area contributed by atoms with Gasteiger partial charge in [0.05, 0.1) is 12.8 Å². The fourth-order valence-electron chi connectivity index (χ4n) is 1.09. The number of aliphatic hydroxyl groups is 1. The third-order valence-corrected chi connectivity index (χ3v) is 1.75. The van der Waals surface area contributed by atoms with Crippen molar-refractivity contribution in [2.45, 2.75) is 31.5 Å². The lowest BCUT2D eigenvalue weighted by molar-refractivity contribution is -0.192. The second-order valence-electron chi connectivity index (χ2n) is 2.81. The van der Waals surface area contributed by atoms with Gasteiger partial charge in [-0.05, 0) is 0 Å². The first-order valence-corrected chi connectivity index (χ1v) is 3.68. The van der Waals surface area contributed by atoms with Crippen molar-refractivity contribution in [1.29, 1.82) is 0 Å². The number of carbonyl (C=O) groups is 2. The van der Waals surface area contributed by atoms with E-state index in [1.807, 2.05) is 0 Å². The molecule has 0 radical (unpaired) electrons. The minimum Gasteiger partial charge on any atom is -0.481 e. The summed E-state index contributed by atoms with van der Waals surface area (Å²) in [4.78, 5) is 20.7. The van der Waals surface area contributed by atoms with E-state index in [9.17, 15) is 14.7 Å². The molecule has 1 heterocycles. The van der Waals surface area contributed by atoms with E-state index in [1.54, 1.807) is 0 Å². The van der Waals surface area contributed by atoms with Crippen LogP contribution in [-0.2, 0) is 14.3 Å². The summed E-state index contributed by atoms with van der Waals surface area (Å²) < 4.78 is 4.55. The Balaban J connectivity index is 2.40. The van der Waals surface area contributed by atoms with Gasteiger partial charge in [-0.25, -0.2) is 0 Å². The minimum atomic E-state index is -1.53. The Labute approximate surface area is 68.9 Å². The Kier molecular flexibility index (Phi) is 2.32. The lowest BCUT2D eigenvalue weighted by Crippen LogP contribution is -2.28. The van der Waals surface area contributed by atoms with Crippen molar-refractivity contribution in [3.63, 3.8) is 0 Å². The molecule has 1 aliphatic rings. The molecule has 68 valence electrons. The van der Waals surface area contributed by atoms with Crippen molar-refractivity contribution in [2.75, 3.05) is 0 Å². The van der Waals surface area contributed by atoms with E-state index in [0.717, 1.165) is 0 Å². The number of esters is 1. The average molecular weight is 174 g/mol. The molecule has 0 saturated carbocycles. The van der Waals surface area contributed by atoms with Gasteiger partial charge in [0.1, 0.15) is 0 Å². The van der Waals surface area contributed by atoms with Gasteiger partial charge in [0.15, 0.2) is 0 Å². The van der Waals surface area contributed by atoms with Gasteiger partial charge in [-0.2, -0.15) is 0 Å². The van der Waals surface area contributed by atoms with E-state index in [-0.39, 0.29) is 25.7 Å². The molecule has 1 atom stereocenters. The van der Waals surface area contributed by atoms with Gasteiger partial charge in [-0.1, -0.05) is 0 Å². The number of ether oxygens (including phenoxy) is 1.